The van der Waals surface area contributed by atoms with E-state index in [1.807, 2.05) is 18.7 Å². The first kappa shape index (κ1) is 22.5. The third kappa shape index (κ3) is 3.64. The molecule has 0 saturated heterocycles. The molecule has 4 aliphatic carbocycles. The van der Waals surface area contributed by atoms with Crippen LogP contribution >= 0.6 is 11.8 Å². The number of carbonyl (C=O) groups is 1. The van der Waals surface area contributed by atoms with Crippen LogP contribution in [0.3, 0.4) is 0 Å². The minimum absolute atomic E-state index is 0.102. The Morgan fingerprint density at radius 3 is 2.78 bits per heavy atom. The van der Waals surface area contributed by atoms with Crippen molar-refractivity contribution in [2.24, 2.45) is 40.9 Å². The van der Waals surface area contributed by atoms with Crippen LogP contribution in [0.15, 0.2) is 12.4 Å². The number of hydrogen-bond acceptors (Lipinski definition) is 5. The normalized spacial score (nSPS) is 45.4. The van der Waals surface area contributed by atoms with Crippen molar-refractivity contribution in [3.8, 4) is 6.07 Å². The maximum atomic E-state index is 13.4. The van der Waals surface area contributed by atoms with Gasteiger partial charge in [-0.15, -0.1) is 0 Å². The molecule has 32 heavy (non-hydrogen) atoms. The van der Waals surface area contributed by atoms with Gasteiger partial charge in [0, 0.05) is 17.4 Å². The number of hydrogen-bond donors (Lipinski definition) is 1. The molecule has 0 spiro atoms. The second-order valence-electron chi connectivity index (χ2n) is 11.7. The lowest BCUT2D eigenvalue weighted by atomic mass is 9.48. The monoisotopic (exact) mass is 455 g/mol. The van der Waals surface area contributed by atoms with E-state index in [0.717, 1.165) is 43.4 Å². The second-order valence-corrected chi connectivity index (χ2v) is 12.8. The molecule has 0 bridgehead atoms. The Morgan fingerprint density at radius 2 is 2.06 bits per heavy atom. The van der Waals surface area contributed by atoms with E-state index in [2.05, 4.69) is 24.3 Å². The Bertz CT molecular complexity index is 910. The third-order valence-electron chi connectivity index (χ3n) is 9.95. The number of nitrogens with zero attached hydrogens (tertiary/aromatic N) is 3. The SMILES string of the molecule is CSC1C[C@@](C)(O)C[C@H]2CC[C@@H]3[C@H](CC[C@]4(C)[C@@H](C(=O)Cn5cc(C#N)cn5)CC[C@@H]34)[C@@H]12. The molecule has 4 fully saturated rings. The van der Waals surface area contributed by atoms with Crippen molar-refractivity contribution in [2.75, 3.05) is 6.26 Å². The van der Waals surface area contributed by atoms with Crippen LogP contribution in [-0.2, 0) is 11.3 Å². The molecule has 0 amide bonds. The van der Waals surface area contributed by atoms with Gasteiger partial charge in [0.15, 0.2) is 5.78 Å². The van der Waals surface area contributed by atoms with E-state index in [9.17, 15) is 9.90 Å². The lowest BCUT2D eigenvalue weighted by Gasteiger charge is -2.58. The highest BCUT2D eigenvalue weighted by atomic mass is 32.2. The van der Waals surface area contributed by atoms with Gasteiger partial charge in [-0.05, 0) is 99.6 Å². The number of fused-ring (bicyclic) bond motifs is 5. The highest BCUT2D eigenvalue weighted by Gasteiger charge is 2.60. The van der Waals surface area contributed by atoms with Gasteiger partial charge >= 0.3 is 0 Å². The van der Waals surface area contributed by atoms with E-state index >= 15 is 0 Å². The molecule has 0 radical (unpaired) electrons. The van der Waals surface area contributed by atoms with Crippen molar-refractivity contribution >= 4 is 17.5 Å². The molecule has 5 nitrogen and oxygen atoms in total. The van der Waals surface area contributed by atoms with E-state index in [1.165, 1.54) is 25.7 Å². The van der Waals surface area contributed by atoms with Crippen molar-refractivity contribution in [2.45, 2.75) is 82.6 Å². The zero-order valence-corrected chi connectivity index (χ0v) is 20.5. The van der Waals surface area contributed by atoms with Gasteiger partial charge in [0.1, 0.15) is 6.07 Å². The molecular formula is C26H37N3O2S. The molecule has 0 aromatic carbocycles. The minimum atomic E-state index is -0.506. The Morgan fingerprint density at radius 1 is 1.25 bits per heavy atom. The van der Waals surface area contributed by atoms with E-state index < -0.39 is 5.60 Å². The van der Waals surface area contributed by atoms with Gasteiger partial charge in [0.2, 0.25) is 0 Å². The molecule has 1 unspecified atom stereocenters. The van der Waals surface area contributed by atoms with Crippen LogP contribution in [0.25, 0.3) is 0 Å². The number of Topliss-reactive ketones (excluding diaryl/α,β-unsaturated/α-hetero) is 1. The number of aromatic nitrogens is 2. The number of carbonyl (C=O) groups excluding carboxylic acids is 1. The van der Waals surface area contributed by atoms with E-state index in [1.54, 1.807) is 17.1 Å². The van der Waals surface area contributed by atoms with E-state index in [4.69, 9.17) is 5.26 Å². The molecule has 1 aromatic rings. The first-order valence-corrected chi connectivity index (χ1v) is 13.7. The Labute approximate surface area is 196 Å². The summed E-state index contributed by atoms with van der Waals surface area (Å²) in [6, 6.07) is 2.10. The highest BCUT2D eigenvalue weighted by molar-refractivity contribution is 7.99. The smallest absolute Gasteiger partial charge is 0.157 e. The fraction of sp³-hybridized carbons (Fsp3) is 0.808. The van der Waals surface area contributed by atoms with Crippen molar-refractivity contribution in [1.29, 1.82) is 5.26 Å². The van der Waals surface area contributed by atoms with Gasteiger partial charge in [-0.3, -0.25) is 9.48 Å². The topological polar surface area (TPSA) is 78.9 Å². The zero-order chi connectivity index (χ0) is 22.7. The first-order chi connectivity index (χ1) is 15.3. The summed E-state index contributed by atoms with van der Waals surface area (Å²) in [4.78, 5) is 13.4. The summed E-state index contributed by atoms with van der Waals surface area (Å²) in [6.07, 6.45) is 14.4. The maximum absolute atomic E-state index is 13.4. The molecule has 4 aliphatic rings. The average molecular weight is 456 g/mol. The highest BCUT2D eigenvalue weighted by Crippen LogP contribution is 2.65. The van der Waals surface area contributed by atoms with Gasteiger partial charge in [-0.2, -0.15) is 22.1 Å². The quantitative estimate of drug-likeness (QED) is 0.713. The standard InChI is InChI=1S/C26H37N3O2S/c1-25(31)10-17-4-5-18-19(24(17)23(11-25)32-3)8-9-26(2)20(18)6-7-21(26)22(30)15-29-14-16(12-27)13-28-29/h13-14,17-21,23-24,31H,4-11,15H2,1-3H3/t17-,18-,19+,20+,21-,23?,24+,25+,26+/m1/s1. The molecular weight excluding hydrogens is 418 g/mol. The summed E-state index contributed by atoms with van der Waals surface area (Å²) in [5.74, 6) is 3.95. The summed E-state index contributed by atoms with van der Waals surface area (Å²) in [7, 11) is 0. The Balaban J connectivity index is 1.33. The number of rotatable bonds is 4. The van der Waals surface area contributed by atoms with Crippen LogP contribution in [0.5, 0.6) is 0 Å². The van der Waals surface area contributed by atoms with Gasteiger partial charge in [-0.25, -0.2) is 0 Å². The fourth-order valence-corrected chi connectivity index (χ4v) is 10.0. The maximum Gasteiger partial charge on any atom is 0.157 e. The summed E-state index contributed by atoms with van der Waals surface area (Å²) >= 11 is 1.98. The second kappa shape index (κ2) is 8.17. The Hall–Kier alpha value is -1.32. The summed E-state index contributed by atoms with van der Waals surface area (Å²) in [6.45, 7) is 4.73. The van der Waals surface area contributed by atoms with Crippen LogP contribution in [0.2, 0.25) is 0 Å². The van der Waals surface area contributed by atoms with Crippen molar-refractivity contribution < 1.29 is 9.90 Å². The van der Waals surface area contributed by atoms with Crippen LogP contribution < -0.4 is 0 Å². The summed E-state index contributed by atoms with van der Waals surface area (Å²) in [5, 5.41) is 24.7. The first-order valence-electron chi connectivity index (χ1n) is 12.5. The molecule has 6 heteroatoms. The molecule has 0 aliphatic heterocycles. The fourth-order valence-electron chi connectivity index (χ4n) is 8.74. The molecule has 1 heterocycles. The van der Waals surface area contributed by atoms with Crippen LogP contribution in [0, 0.1) is 52.3 Å². The predicted octanol–water partition coefficient (Wildman–Crippen LogP) is 4.69. The van der Waals surface area contributed by atoms with Crippen molar-refractivity contribution in [1.82, 2.24) is 9.78 Å². The van der Waals surface area contributed by atoms with E-state index in [0.29, 0.717) is 28.4 Å². The molecule has 9 atom stereocenters. The number of thioether (sulfide) groups is 1. The predicted molar refractivity (Wildman–Crippen MR) is 126 cm³/mol. The van der Waals surface area contributed by atoms with Gasteiger partial charge < -0.3 is 5.11 Å². The largest absolute Gasteiger partial charge is 0.390 e. The minimum Gasteiger partial charge on any atom is -0.390 e. The third-order valence-corrected chi connectivity index (χ3v) is 11.0. The van der Waals surface area contributed by atoms with Gasteiger partial charge in [0.25, 0.3) is 0 Å². The Kier molecular flexibility index (Phi) is 5.73. The van der Waals surface area contributed by atoms with Gasteiger partial charge in [-0.1, -0.05) is 6.92 Å². The molecule has 1 aromatic heterocycles. The number of ketones is 1. The van der Waals surface area contributed by atoms with Crippen LogP contribution in [0.4, 0.5) is 0 Å². The van der Waals surface area contributed by atoms with Crippen LogP contribution in [0.1, 0.15) is 70.8 Å². The molecule has 4 saturated carbocycles. The van der Waals surface area contributed by atoms with Crippen LogP contribution in [-0.4, -0.2) is 37.8 Å². The number of aliphatic hydroxyl groups is 1. The summed E-state index contributed by atoms with van der Waals surface area (Å²) in [5.41, 5.74) is 0.110. The average Bonchev–Trinajstić information content (AvgIpc) is 3.35. The van der Waals surface area contributed by atoms with Gasteiger partial charge in [0.05, 0.1) is 23.9 Å². The van der Waals surface area contributed by atoms with E-state index in [-0.39, 0.29) is 17.9 Å². The van der Waals surface area contributed by atoms with Crippen molar-refractivity contribution in [3.05, 3.63) is 18.0 Å². The molecule has 174 valence electrons. The molecule has 5 rings (SSSR count). The molecule has 1 N–H and O–H groups in total. The summed E-state index contributed by atoms with van der Waals surface area (Å²) < 4.78 is 1.64. The zero-order valence-electron chi connectivity index (χ0n) is 19.7. The number of nitriles is 1. The lowest BCUT2D eigenvalue weighted by molar-refractivity contribution is -0.132. The van der Waals surface area contributed by atoms with Crippen molar-refractivity contribution in [3.63, 3.8) is 0 Å². The lowest BCUT2D eigenvalue weighted by Crippen LogP contribution is -2.54.